The van der Waals surface area contributed by atoms with Crippen molar-refractivity contribution < 1.29 is 22.7 Å². The van der Waals surface area contributed by atoms with Crippen molar-refractivity contribution in [2.45, 2.75) is 44.1 Å². The van der Waals surface area contributed by atoms with Crippen LogP contribution in [0, 0.1) is 0 Å². The summed E-state index contributed by atoms with van der Waals surface area (Å²) in [7, 11) is -3.80. The molecule has 1 aliphatic rings. The van der Waals surface area contributed by atoms with Gasteiger partial charge in [0.25, 0.3) is 15.9 Å². The number of amides is 1. The number of hydrogen-bond donors (Lipinski definition) is 1. The van der Waals surface area contributed by atoms with Crippen molar-refractivity contribution in [3.05, 3.63) is 78.4 Å². The first kappa shape index (κ1) is 24.6. The maximum atomic E-state index is 13.3. The summed E-state index contributed by atoms with van der Waals surface area (Å²) in [6.07, 6.45) is -0.275. The molecule has 0 saturated heterocycles. The summed E-state index contributed by atoms with van der Waals surface area (Å²) in [6, 6.07) is 20.8. The van der Waals surface area contributed by atoms with E-state index in [1.165, 1.54) is 22.0 Å². The lowest BCUT2D eigenvalue weighted by Gasteiger charge is -2.34. The van der Waals surface area contributed by atoms with E-state index in [2.05, 4.69) is 26.1 Å². The van der Waals surface area contributed by atoms with Crippen LogP contribution in [0.2, 0.25) is 0 Å². The van der Waals surface area contributed by atoms with E-state index in [9.17, 15) is 13.2 Å². The maximum Gasteiger partial charge on any atom is 0.264 e. The van der Waals surface area contributed by atoms with Crippen LogP contribution in [0.15, 0.2) is 77.7 Å². The van der Waals surface area contributed by atoms with Crippen LogP contribution in [-0.4, -0.2) is 33.6 Å². The summed E-state index contributed by atoms with van der Waals surface area (Å²) in [5.41, 5.74) is 2.21. The average Bonchev–Trinajstić information content (AvgIpc) is 2.82. The number of hydrogen-bond acceptors (Lipinski definition) is 5. The van der Waals surface area contributed by atoms with E-state index in [-0.39, 0.29) is 35.5 Å². The molecule has 35 heavy (non-hydrogen) atoms. The number of fused-ring (bicyclic) bond motifs is 1. The van der Waals surface area contributed by atoms with E-state index in [1.807, 2.05) is 37.3 Å². The van der Waals surface area contributed by atoms with Crippen molar-refractivity contribution in [2.75, 3.05) is 22.8 Å². The number of sulfonamides is 1. The second kappa shape index (κ2) is 9.62. The van der Waals surface area contributed by atoms with Gasteiger partial charge in [0.2, 0.25) is 0 Å². The molecule has 4 rings (SSSR count). The minimum atomic E-state index is -3.80. The number of rotatable bonds is 6. The molecule has 0 fully saturated rings. The molecular formula is C27H30N2O5S. The van der Waals surface area contributed by atoms with Crippen molar-refractivity contribution in [3.63, 3.8) is 0 Å². The lowest BCUT2D eigenvalue weighted by atomic mass is 9.87. The van der Waals surface area contributed by atoms with Gasteiger partial charge in [-0.1, -0.05) is 45.0 Å². The number of benzene rings is 3. The van der Waals surface area contributed by atoms with E-state index < -0.39 is 10.0 Å². The quantitative estimate of drug-likeness (QED) is 0.523. The Morgan fingerprint density at radius 2 is 1.69 bits per heavy atom. The molecule has 184 valence electrons. The molecule has 0 spiro atoms. The molecule has 0 aliphatic carbocycles. The van der Waals surface area contributed by atoms with Gasteiger partial charge in [0.15, 0.2) is 6.61 Å². The Labute approximate surface area is 206 Å². The Balaban J connectivity index is 1.39. The fourth-order valence-corrected chi connectivity index (χ4v) is 5.36. The molecule has 8 heteroatoms. The summed E-state index contributed by atoms with van der Waals surface area (Å²) in [4.78, 5) is 12.5. The number of anilines is 2. The second-order valence-electron chi connectivity index (χ2n) is 9.57. The van der Waals surface area contributed by atoms with Crippen LogP contribution in [0.1, 0.15) is 33.3 Å². The topological polar surface area (TPSA) is 84.9 Å². The number of carbonyl (C=O) groups excluding carboxylic acids is 1. The SMILES string of the molecule is C[C@@H]1CN(S(=O)(=O)c2ccc(NC(=O)COc3ccc(C(C)(C)C)cc3)cc2)c2ccccc2O1. The summed E-state index contributed by atoms with van der Waals surface area (Å²) in [5.74, 6) is 0.804. The van der Waals surface area contributed by atoms with Gasteiger partial charge in [-0.3, -0.25) is 9.10 Å². The third kappa shape index (κ3) is 5.59. The Kier molecular flexibility index (Phi) is 6.76. The van der Waals surface area contributed by atoms with E-state index in [1.54, 1.807) is 30.3 Å². The van der Waals surface area contributed by atoms with Gasteiger partial charge in [0.1, 0.15) is 17.6 Å². The molecular weight excluding hydrogens is 464 g/mol. The predicted molar refractivity (Wildman–Crippen MR) is 137 cm³/mol. The minimum absolute atomic E-state index is 0.0406. The summed E-state index contributed by atoms with van der Waals surface area (Å²) < 4.78 is 39.4. The van der Waals surface area contributed by atoms with Gasteiger partial charge in [0.05, 0.1) is 17.1 Å². The maximum absolute atomic E-state index is 13.3. The largest absolute Gasteiger partial charge is 0.487 e. The first-order valence-electron chi connectivity index (χ1n) is 11.5. The predicted octanol–water partition coefficient (Wildman–Crippen LogP) is 4.98. The molecule has 1 atom stereocenters. The zero-order valence-corrected chi connectivity index (χ0v) is 21.1. The Morgan fingerprint density at radius 1 is 1.03 bits per heavy atom. The fraction of sp³-hybridized carbons (Fsp3) is 0.296. The molecule has 3 aromatic carbocycles. The van der Waals surface area contributed by atoms with E-state index in [0.29, 0.717) is 22.9 Å². The first-order chi connectivity index (χ1) is 16.5. The number of nitrogens with zero attached hydrogens (tertiary/aromatic N) is 1. The van der Waals surface area contributed by atoms with Crippen LogP contribution in [0.4, 0.5) is 11.4 Å². The van der Waals surface area contributed by atoms with Gasteiger partial charge < -0.3 is 14.8 Å². The molecule has 0 radical (unpaired) electrons. The Bertz CT molecular complexity index is 1300. The van der Waals surface area contributed by atoms with E-state index in [4.69, 9.17) is 9.47 Å². The van der Waals surface area contributed by atoms with Gasteiger partial charge in [-0.2, -0.15) is 0 Å². The molecule has 0 unspecified atom stereocenters. The number of carbonyl (C=O) groups is 1. The van der Waals surface area contributed by atoms with Crippen molar-refractivity contribution in [3.8, 4) is 11.5 Å². The highest BCUT2D eigenvalue weighted by Gasteiger charge is 2.32. The smallest absolute Gasteiger partial charge is 0.264 e. The third-order valence-corrected chi connectivity index (χ3v) is 7.50. The molecule has 0 bridgehead atoms. The average molecular weight is 495 g/mol. The van der Waals surface area contributed by atoms with Crippen LogP contribution >= 0.6 is 0 Å². The molecule has 1 heterocycles. The van der Waals surface area contributed by atoms with Gasteiger partial charge >= 0.3 is 0 Å². The van der Waals surface area contributed by atoms with Crippen LogP contribution in [-0.2, 0) is 20.2 Å². The second-order valence-corrected chi connectivity index (χ2v) is 11.4. The monoisotopic (exact) mass is 494 g/mol. The van der Waals surface area contributed by atoms with Crippen LogP contribution < -0.4 is 19.1 Å². The molecule has 1 amide bonds. The number of para-hydroxylation sites is 2. The van der Waals surface area contributed by atoms with Crippen molar-refractivity contribution >= 4 is 27.3 Å². The van der Waals surface area contributed by atoms with Crippen molar-refractivity contribution in [1.82, 2.24) is 0 Å². The van der Waals surface area contributed by atoms with Crippen LogP contribution in [0.5, 0.6) is 11.5 Å². The lowest BCUT2D eigenvalue weighted by Crippen LogP contribution is -2.42. The van der Waals surface area contributed by atoms with Gasteiger partial charge in [-0.15, -0.1) is 0 Å². The van der Waals surface area contributed by atoms with Gasteiger partial charge in [-0.25, -0.2) is 8.42 Å². The fourth-order valence-electron chi connectivity index (χ4n) is 3.81. The van der Waals surface area contributed by atoms with Crippen molar-refractivity contribution in [1.29, 1.82) is 0 Å². The molecule has 0 saturated carbocycles. The van der Waals surface area contributed by atoms with Gasteiger partial charge in [-0.05, 0) is 66.4 Å². The zero-order valence-electron chi connectivity index (χ0n) is 20.3. The van der Waals surface area contributed by atoms with Crippen molar-refractivity contribution in [2.24, 2.45) is 0 Å². The summed E-state index contributed by atoms with van der Waals surface area (Å²) >= 11 is 0. The minimum Gasteiger partial charge on any atom is -0.487 e. The molecule has 1 aliphatic heterocycles. The molecule has 0 aromatic heterocycles. The van der Waals surface area contributed by atoms with E-state index in [0.717, 1.165) is 0 Å². The normalized spacial score (nSPS) is 15.7. The highest BCUT2D eigenvalue weighted by Crippen LogP contribution is 2.36. The highest BCUT2D eigenvalue weighted by atomic mass is 32.2. The zero-order chi connectivity index (χ0) is 25.2. The Morgan fingerprint density at radius 3 is 2.34 bits per heavy atom. The Hall–Kier alpha value is -3.52. The number of ether oxygens (including phenoxy) is 2. The third-order valence-electron chi connectivity index (χ3n) is 5.70. The summed E-state index contributed by atoms with van der Waals surface area (Å²) in [5, 5.41) is 2.74. The lowest BCUT2D eigenvalue weighted by molar-refractivity contribution is -0.118. The van der Waals surface area contributed by atoms with Crippen LogP contribution in [0.25, 0.3) is 0 Å². The standard InChI is InChI=1S/C27H30N2O5S/c1-19-17-29(24-7-5-6-8-25(24)34-19)35(31,32)23-15-11-21(12-16-23)28-26(30)18-33-22-13-9-20(10-14-22)27(2,3)4/h5-16,19H,17-18H2,1-4H3,(H,28,30)/t19-/m1/s1. The molecule has 3 aromatic rings. The number of nitrogens with one attached hydrogen (secondary N) is 1. The first-order valence-corrected chi connectivity index (χ1v) is 12.9. The molecule has 1 N–H and O–H groups in total. The van der Waals surface area contributed by atoms with E-state index >= 15 is 0 Å². The van der Waals surface area contributed by atoms with Crippen LogP contribution in [0.3, 0.4) is 0 Å². The van der Waals surface area contributed by atoms with Gasteiger partial charge in [0, 0.05) is 5.69 Å². The molecule has 7 nitrogen and oxygen atoms in total. The highest BCUT2D eigenvalue weighted by molar-refractivity contribution is 7.92. The summed E-state index contributed by atoms with van der Waals surface area (Å²) in [6.45, 7) is 8.29.